The number of hydrogen-bond acceptors (Lipinski definition) is 3. The van der Waals surface area contributed by atoms with Gasteiger partial charge in [0, 0.05) is 0 Å². The number of benzene rings is 1. The van der Waals surface area contributed by atoms with Crippen LogP contribution < -0.4 is 10.4 Å². The first-order valence-electron chi connectivity index (χ1n) is 5.50. The van der Waals surface area contributed by atoms with Gasteiger partial charge < -0.3 is 5.11 Å². The number of halogens is 1. The maximum atomic E-state index is 12.6. The van der Waals surface area contributed by atoms with Crippen molar-refractivity contribution < 1.29 is 17.4 Å². The highest BCUT2D eigenvalue weighted by molar-refractivity contribution is 7.97. The van der Waals surface area contributed by atoms with Crippen molar-refractivity contribution in [2.45, 2.75) is 13.8 Å². The van der Waals surface area contributed by atoms with Gasteiger partial charge in [-0.05, 0) is 26.0 Å². The van der Waals surface area contributed by atoms with Gasteiger partial charge in [-0.25, -0.2) is 0 Å². The number of hydrogen-bond donors (Lipinski definition) is 0. The lowest BCUT2D eigenvalue weighted by Gasteiger charge is -2.28. The summed E-state index contributed by atoms with van der Waals surface area (Å²) in [6.45, 7) is 3.59. The lowest BCUT2D eigenvalue weighted by molar-refractivity contribution is -0.206. The Morgan fingerprint density at radius 3 is 2.17 bits per heavy atom. The van der Waals surface area contributed by atoms with E-state index in [-0.39, 0.29) is 0 Å². The Morgan fingerprint density at radius 2 is 1.78 bits per heavy atom. The van der Waals surface area contributed by atoms with Crippen molar-refractivity contribution in [2.75, 3.05) is 12.3 Å². The summed E-state index contributed by atoms with van der Waals surface area (Å²) in [5.41, 5.74) is -0.846. The van der Waals surface area contributed by atoms with E-state index < -0.39 is 23.3 Å². The van der Waals surface area contributed by atoms with Crippen LogP contribution in [0.2, 0.25) is 0 Å². The van der Waals surface area contributed by atoms with Crippen LogP contribution in [0.4, 0.5) is 3.89 Å². The molecule has 0 heterocycles. The normalized spacial score (nSPS) is 13.6. The molecule has 0 aliphatic heterocycles. The molecular weight excluding hydrogens is 276 g/mol. The Labute approximate surface area is 107 Å². The third-order valence-corrected chi connectivity index (χ3v) is 7.68. The van der Waals surface area contributed by atoms with E-state index in [1.165, 1.54) is 0 Å². The summed E-state index contributed by atoms with van der Waals surface area (Å²) in [6.07, 6.45) is 0.927. The topological polar surface area (TPSA) is 69.6 Å². The van der Waals surface area contributed by atoms with E-state index in [1.807, 2.05) is 0 Å². The van der Waals surface area contributed by atoms with Crippen molar-refractivity contribution in [3.63, 3.8) is 0 Å². The fraction of sp³-hybridized carbons (Fsp3) is 0.364. The molecule has 0 aliphatic rings. The summed E-state index contributed by atoms with van der Waals surface area (Å²) in [5.74, 6) is 0. The molecule has 0 saturated carbocycles. The minimum absolute atomic E-state index is 0.464. The monoisotopic (exact) mass is 291 g/mol. The summed E-state index contributed by atoms with van der Waals surface area (Å²) in [5, 5.41) is 12.8. The Kier molecular flexibility index (Phi) is 4.82. The van der Waals surface area contributed by atoms with E-state index in [0.29, 0.717) is 12.3 Å². The SMILES string of the molecule is CC[P+](CC)(/C([O-])=N/S(=O)(=O)F)c1ccccc1. The summed E-state index contributed by atoms with van der Waals surface area (Å²) < 4.78 is 36.3. The first-order valence-corrected chi connectivity index (χ1v) is 9.00. The van der Waals surface area contributed by atoms with Crippen molar-refractivity contribution in [1.29, 1.82) is 0 Å². The average Bonchev–Trinajstić information content (AvgIpc) is 2.30. The first kappa shape index (κ1) is 15.1. The largest absolute Gasteiger partial charge is 0.830 e. The quantitative estimate of drug-likeness (QED) is 0.355. The molecule has 1 aromatic carbocycles. The standard InChI is InChI=1S/C11H15FNO3PS/c1-3-17(4-2,10-8-6-5-7-9-10)11(14)13-18(12,15)16/h5-9H,3-4H2,1-2H3. The van der Waals surface area contributed by atoms with E-state index in [0.717, 1.165) is 5.30 Å². The van der Waals surface area contributed by atoms with Gasteiger partial charge >= 0.3 is 10.4 Å². The smallest absolute Gasteiger partial charge is 0.420 e. The van der Waals surface area contributed by atoms with Gasteiger partial charge in [-0.15, -0.1) is 4.40 Å². The van der Waals surface area contributed by atoms with Crippen LogP contribution in [-0.4, -0.2) is 26.4 Å². The Morgan fingerprint density at radius 1 is 1.28 bits per heavy atom. The first-order chi connectivity index (χ1) is 8.35. The summed E-state index contributed by atoms with van der Waals surface area (Å²) >= 11 is 0. The maximum absolute atomic E-state index is 12.6. The predicted molar refractivity (Wildman–Crippen MR) is 71.5 cm³/mol. The van der Waals surface area contributed by atoms with Crippen molar-refractivity contribution >= 4 is 28.6 Å². The molecule has 0 saturated heterocycles. The summed E-state index contributed by atoms with van der Waals surface area (Å²) in [7, 11) is -7.55. The van der Waals surface area contributed by atoms with Gasteiger partial charge in [-0.1, -0.05) is 22.1 Å². The molecule has 0 N–H and O–H groups in total. The maximum Gasteiger partial charge on any atom is 0.420 e. The molecule has 1 aromatic rings. The van der Waals surface area contributed by atoms with Crippen LogP contribution in [0.25, 0.3) is 0 Å². The third kappa shape index (κ3) is 3.27. The highest BCUT2D eigenvalue weighted by Crippen LogP contribution is 2.56. The van der Waals surface area contributed by atoms with Crippen LogP contribution in [0.3, 0.4) is 0 Å². The molecular formula is C11H15FNO3PS. The van der Waals surface area contributed by atoms with Crippen LogP contribution in [0.5, 0.6) is 0 Å². The van der Waals surface area contributed by atoms with Crippen LogP contribution in [0.1, 0.15) is 13.8 Å². The highest BCUT2D eigenvalue weighted by Gasteiger charge is 2.38. The molecule has 18 heavy (non-hydrogen) atoms. The zero-order valence-electron chi connectivity index (χ0n) is 10.2. The van der Waals surface area contributed by atoms with Gasteiger partial charge in [0.1, 0.15) is 5.64 Å². The minimum Gasteiger partial charge on any atom is -0.830 e. The minimum atomic E-state index is -5.13. The molecule has 0 bridgehead atoms. The van der Waals surface area contributed by atoms with Crippen LogP contribution >= 0.6 is 7.26 Å². The molecule has 0 aliphatic carbocycles. The van der Waals surface area contributed by atoms with Gasteiger partial charge in [0.05, 0.1) is 24.9 Å². The van der Waals surface area contributed by atoms with Crippen LogP contribution in [-0.2, 0) is 10.4 Å². The van der Waals surface area contributed by atoms with Gasteiger partial charge in [-0.3, -0.25) is 0 Å². The van der Waals surface area contributed by atoms with Crippen LogP contribution in [0, 0.1) is 0 Å². The second-order valence-corrected chi connectivity index (χ2v) is 8.83. The zero-order chi connectivity index (χ0) is 13.8. The zero-order valence-corrected chi connectivity index (χ0v) is 11.9. The van der Waals surface area contributed by atoms with E-state index in [4.69, 9.17) is 0 Å². The average molecular weight is 291 g/mol. The highest BCUT2D eigenvalue weighted by atomic mass is 32.3. The molecule has 0 amide bonds. The molecule has 1 rings (SSSR count). The van der Waals surface area contributed by atoms with Crippen molar-refractivity contribution in [3.8, 4) is 0 Å². The van der Waals surface area contributed by atoms with Crippen LogP contribution in [0.15, 0.2) is 34.7 Å². The van der Waals surface area contributed by atoms with E-state index in [2.05, 4.69) is 4.40 Å². The fourth-order valence-corrected chi connectivity index (χ4v) is 5.64. The molecule has 0 atom stereocenters. The fourth-order valence-electron chi connectivity index (χ4n) is 1.85. The van der Waals surface area contributed by atoms with Gasteiger partial charge in [0.15, 0.2) is 0 Å². The molecule has 0 spiro atoms. The van der Waals surface area contributed by atoms with Gasteiger partial charge in [-0.2, -0.15) is 8.42 Å². The van der Waals surface area contributed by atoms with E-state index >= 15 is 0 Å². The number of rotatable bonds is 5. The van der Waals surface area contributed by atoms with Crippen molar-refractivity contribution in [1.82, 2.24) is 0 Å². The number of nitrogens with zero attached hydrogens (tertiary/aromatic N) is 1. The summed E-state index contributed by atoms with van der Waals surface area (Å²) in [6, 6.07) is 8.87. The molecule has 0 aromatic heterocycles. The Hall–Kier alpha value is -1.00. The van der Waals surface area contributed by atoms with Gasteiger partial charge in [0.2, 0.25) is 0 Å². The Bertz CT molecular complexity index is 526. The lowest BCUT2D eigenvalue weighted by Crippen LogP contribution is -2.32. The van der Waals surface area contributed by atoms with E-state index in [9.17, 15) is 17.4 Å². The molecule has 7 heteroatoms. The molecule has 0 radical (unpaired) electrons. The second kappa shape index (κ2) is 5.76. The van der Waals surface area contributed by atoms with Crippen molar-refractivity contribution in [2.24, 2.45) is 4.40 Å². The molecule has 4 nitrogen and oxygen atoms in total. The third-order valence-electron chi connectivity index (χ3n) is 2.88. The predicted octanol–water partition coefficient (Wildman–Crippen LogP) is 1.30. The Balaban J connectivity index is 3.38. The van der Waals surface area contributed by atoms with Crippen molar-refractivity contribution in [3.05, 3.63) is 30.3 Å². The molecule has 0 fully saturated rings. The van der Waals surface area contributed by atoms with Gasteiger partial charge in [0.25, 0.3) is 0 Å². The molecule has 100 valence electrons. The van der Waals surface area contributed by atoms with E-state index in [1.54, 1.807) is 44.2 Å². The summed E-state index contributed by atoms with van der Waals surface area (Å²) in [4.78, 5) is 0. The lowest BCUT2D eigenvalue weighted by atomic mass is 10.4. The second-order valence-electron chi connectivity index (χ2n) is 3.72. The molecule has 0 unspecified atom stereocenters.